The standard InChI is InChI=1S/C28H38N2O9S/c1-28(2,12-7-17-39-21-18-23(35-3)25(37-5)24(19-21)36-4)27(32)29-13-15-30(16-14-29)40(33,34)22-10-8-20(9-11-22)26(31)38-6/h8-11,18-19H,7,12-17H2,1-6H3. The first-order valence-corrected chi connectivity index (χ1v) is 14.3. The largest absolute Gasteiger partial charge is 0.493 e. The molecule has 0 aromatic heterocycles. The van der Waals surface area contributed by atoms with E-state index in [4.69, 9.17) is 18.9 Å². The molecule has 0 aliphatic carbocycles. The zero-order chi connectivity index (χ0) is 29.5. The van der Waals surface area contributed by atoms with Crippen molar-refractivity contribution in [1.29, 1.82) is 0 Å². The van der Waals surface area contributed by atoms with Gasteiger partial charge in [-0.2, -0.15) is 4.31 Å². The van der Waals surface area contributed by atoms with Gasteiger partial charge in [0.05, 0.1) is 45.5 Å². The van der Waals surface area contributed by atoms with Gasteiger partial charge in [0.25, 0.3) is 0 Å². The van der Waals surface area contributed by atoms with E-state index in [1.165, 1.54) is 57.0 Å². The fraction of sp³-hybridized carbons (Fsp3) is 0.500. The lowest BCUT2D eigenvalue weighted by atomic mass is 9.86. The highest BCUT2D eigenvalue weighted by Crippen LogP contribution is 2.41. The van der Waals surface area contributed by atoms with Crippen molar-refractivity contribution in [2.24, 2.45) is 5.41 Å². The second-order valence-electron chi connectivity index (χ2n) is 9.91. The number of esters is 1. The summed E-state index contributed by atoms with van der Waals surface area (Å²) in [5.41, 5.74) is -0.378. The molecule has 1 fully saturated rings. The summed E-state index contributed by atoms with van der Waals surface area (Å²) in [7, 11) is 2.12. The number of amides is 1. The van der Waals surface area contributed by atoms with Gasteiger partial charge in [0.15, 0.2) is 11.5 Å². The van der Waals surface area contributed by atoms with E-state index in [0.29, 0.717) is 55.5 Å². The summed E-state index contributed by atoms with van der Waals surface area (Å²) < 4.78 is 54.1. The molecule has 0 N–H and O–H groups in total. The first-order chi connectivity index (χ1) is 19.0. The van der Waals surface area contributed by atoms with Crippen LogP contribution in [0.25, 0.3) is 0 Å². The topological polar surface area (TPSA) is 121 Å². The molecule has 0 saturated carbocycles. The number of carbonyl (C=O) groups is 2. The van der Waals surface area contributed by atoms with E-state index in [9.17, 15) is 18.0 Å². The summed E-state index contributed by atoms with van der Waals surface area (Å²) in [5, 5.41) is 0. The first-order valence-electron chi connectivity index (χ1n) is 12.9. The summed E-state index contributed by atoms with van der Waals surface area (Å²) in [4.78, 5) is 26.7. The fourth-order valence-electron chi connectivity index (χ4n) is 4.54. The average Bonchev–Trinajstić information content (AvgIpc) is 2.97. The van der Waals surface area contributed by atoms with Crippen molar-refractivity contribution in [2.75, 3.05) is 61.2 Å². The molecule has 11 nitrogen and oxygen atoms in total. The van der Waals surface area contributed by atoms with Crippen molar-refractivity contribution >= 4 is 21.9 Å². The predicted octanol–water partition coefficient (Wildman–Crippen LogP) is 3.22. The van der Waals surface area contributed by atoms with Crippen LogP contribution in [0, 0.1) is 5.41 Å². The molecule has 0 bridgehead atoms. The van der Waals surface area contributed by atoms with E-state index >= 15 is 0 Å². The number of ether oxygens (including phenoxy) is 5. The zero-order valence-electron chi connectivity index (χ0n) is 23.9. The molecule has 2 aromatic carbocycles. The Labute approximate surface area is 235 Å². The molecule has 40 heavy (non-hydrogen) atoms. The van der Waals surface area contributed by atoms with E-state index in [1.807, 2.05) is 13.8 Å². The van der Waals surface area contributed by atoms with Crippen LogP contribution < -0.4 is 18.9 Å². The molecule has 0 spiro atoms. The van der Waals surface area contributed by atoms with Crippen LogP contribution in [0.1, 0.15) is 37.0 Å². The number of nitrogens with zero attached hydrogens (tertiary/aromatic N) is 2. The van der Waals surface area contributed by atoms with Crippen LogP contribution in [0.3, 0.4) is 0 Å². The van der Waals surface area contributed by atoms with E-state index < -0.39 is 21.4 Å². The third-order valence-electron chi connectivity index (χ3n) is 6.87. The maximum Gasteiger partial charge on any atom is 0.337 e. The smallest absolute Gasteiger partial charge is 0.337 e. The Bertz CT molecular complexity index is 1260. The van der Waals surface area contributed by atoms with Crippen LogP contribution in [-0.2, 0) is 19.6 Å². The number of sulfonamides is 1. The molecule has 0 unspecified atom stereocenters. The van der Waals surface area contributed by atoms with Crippen LogP contribution in [0.15, 0.2) is 41.3 Å². The number of rotatable bonds is 12. The molecule has 1 aliphatic rings. The number of carbonyl (C=O) groups excluding carboxylic acids is 2. The molecule has 0 atom stereocenters. The van der Waals surface area contributed by atoms with E-state index in [-0.39, 0.29) is 29.5 Å². The quantitative estimate of drug-likeness (QED) is 0.276. The van der Waals surface area contributed by atoms with Gasteiger partial charge in [0.2, 0.25) is 21.7 Å². The minimum Gasteiger partial charge on any atom is -0.493 e. The number of hydrogen-bond donors (Lipinski definition) is 0. The second-order valence-corrected chi connectivity index (χ2v) is 11.8. The number of benzene rings is 2. The highest BCUT2D eigenvalue weighted by atomic mass is 32.2. The van der Waals surface area contributed by atoms with Crippen LogP contribution >= 0.6 is 0 Å². The second kappa shape index (κ2) is 13.2. The molecule has 3 rings (SSSR count). The van der Waals surface area contributed by atoms with Gasteiger partial charge >= 0.3 is 5.97 Å². The summed E-state index contributed by atoms with van der Waals surface area (Å²) >= 11 is 0. The van der Waals surface area contributed by atoms with Crippen molar-refractivity contribution < 1.29 is 41.7 Å². The van der Waals surface area contributed by atoms with E-state index in [0.717, 1.165) is 0 Å². The normalized spacial score (nSPS) is 14.4. The van der Waals surface area contributed by atoms with Gasteiger partial charge in [-0.05, 0) is 37.1 Å². The fourth-order valence-corrected chi connectivity index (χ4v) is 5.96. The van der Waals surface area contributed by atoms with Crippen molar-refractivity contribution in [1.82, 2.24) is 9.21 Å². The average molecular weight is 579 g/mol. The Morgan fingerprint density at radius 2 is 1.45 bits per heavy atom. The van der Waals surface area contributed by atoms with Gasteiger partial charge in [-0.1, -0.05) is 13.8 Å². The third kappa shape index (κ3) is 6.97. The van der Waals surface area contributed by atoms with Crippen molar-refractivity contribution in [2.45, 2.75) is 31.6 Å². The predicted molar refractivity (Wildman–Crippen MR) is 148 cm³/mol. The van der Waals surface area contributed by atoms with Gasteiger partial charge in [0, 0.05) is 43.7 Å². The molecular formula is C28H38N2O9S. The SMILES string of the molecule is COC(=O)c1ccc(S(=O)(=O)N2CCN(C(=O)C(C)(C)CCCOc3cc(OC)c(OC)c(OC)c3)CC2)cc1. The van der Waals surface area contributed by atoms with Gasteiger partial charge in [0.1, 0.15) is 5.75 Å². The highest BCUT2D eigenvalue weighted by Gasteiger charge is 2.36. The Balaban J connectivity index is 1.52. The van der Waals surface area contributed by atoms with Gasteiger partial charge in [-0.15, -0.1) is 0 Å². The Hall–Kier alpha value is -3.51. The van der Waals surface area contributed by atoms with Crippen molar-refractivity contribution in [3.05, 3.63) is 42.0 Å². The third-order valence-corrected chi connectivity index (χ3v) is 8.78. The lowest BCUT2D eigenvalue weighted by Gasteiger charge is -2.38. The van der Waals surface area contributed by atoms with Gasteiger partial charge in [-0.3, -0.25) is 4.79 Å². The lowest BCUT2D eigenvalue weighted by Crippen LogP contribution is -2.53. The van der Waals surface area contributed by atoms with Gasteiger partial charge < -0.3 is 28.6 Å². The van der Waals surface area contributed by atoms with E-state index in [2.05, 4.69) is 4.74 Å². The van der Waals surface area contributed by atoms with Gasteiger partial charge in [-0.25, -0.2) is 13.2 Å². The minimum absolute atomic E-state index is 0.0280. The van der Waals surface area contributed by atoms with Crippen molar-refractivity contribution in [3.63, 3.8) is 0 Å². The maximum atomic E-state index is 13.3. The van der Waals surface area contributed by atoms with Crippen LogP contribution in [0.2, 0.25) is 0 Å². The molecule has 2 aromatic rings. The maximum absolute atomic E-state index is 13.3. The van der Waals surface area contributed by atoms with Crippen molar-refractivity contribution in [3.8, 4) is 23.0 Å². The molecule has 0 radical (unpaired) electrons. The van der Waals surface area contributed by atoms with Crippen LogP contribution in [0.5, 0.6) is 23.0 Å². The molecule has 12 heteroatoms. The summed E-state index contributed by atoms with van der Waals surface area (Å²) in [5.74, 6) is 1.47. The highest BCUT2D eigenvalue weighted by molar-refractivity contribution is 7.89. The summed E-state index contributed by atoms with van der Waals surface area (Å²) in [6.45, 7) is 5.13. The monoisotopic (exact) mass is 578 g/mol. The van der Waals surface area contributed by atoms with Crippen LogP contribution in [-0.4, -0.2) is 90.7 Å². The Morgan fingerprint density at radius 3 is 1.95 bits per heavy atom. The number of methoxy groups -OCH3 is 4. The number of hydrogen-bond acceptors (Lipinski definition) is 9. The minimum atomic E-state index is -3.75. The Kier molecular flexibility index (Phi) is 10.3. The summed E-state index contributed by atoms with van der Waals surface area (Å²) in [6.07, 6.45) is 1.21. The molecule has 1 aliphatic heterocycles. The van der Waals surface area contributed by atoms with E-state index in [1.54, 1.807) is 17.0 Å². The molecule has 220 valence electrons. The number of piperazine rings is 1. The Morgan fingerprint density at radius 1 is 0.875 bits per heavy atom. The first kappa shape index (κ1) is 31.0. The molecule has 1 saturated heterocycles. The summed E-state index contributed by atoms with van der Waals surface area (Å²) in [6, 6.07) is 9.07. The lowest BCUT2D eigenvalue weighted by molar-refractivity contribution is -0.142. The van der Waals surface area contributed by atoms with Crippen LogP contribution in [0.4, 0.5) is 0 Å². The molecule has 1 heterocycles. The molecule has 1 amide bonds. The zero-order valence-corrected chi connectivity index (χ0v) is 24.7. The molecular weight excluding hydrogens is 540 g/mol.